The van der Waals surface area contributed by atoms with E-state index in [0.717, 1.165) is 18.5 Å². The van der Waals surface area contributed by atoms with Crippen LogP contribution in [0.3, 0.4) is 0 Å². The molecule has 1 aliphatic rings. The van der Waals surface area contributed by atoms with Crippen molar-refractivity contribution in [2.45, 2.75) is 32.5 Å². The molecule has 4 rings (SSSR count). The number of nitrogens with zero attached hydrogens (tertiary/aromatic N) is 1. The summed E-state index contributed by atoms with van der Waals surface area (Å²) in [5.41, 5.74) is 2.34. The van der Waals surface area contributed by atoms with E-state index in [4.69, 9.17) is 18.6 Å². The van der Waals surface area contributed by atoms with Gasteiger partial charge in [-0.2, -0.15) is 0 Å². The Balaban J connectivity index is 1.38. The highest BCUT2D eigenvalue weighted by Gasteiger charge is 2.31. The fraction of sp³-hybridized carbons (Fsp3) is 0.320. The third-order valence-corrected chi connectivity index (χ3v) is 5.56. The molecule has 0 unspecified atom stereocenters. The van der Waals surface area contributed by atoms with Crippen molar-refractivity contribution < 1.29 is 36.5 Å². The molecule has 0 bridgehead atoms. The quantitative estimate of drug-likeness (QED) is 0.453. The zero-order chi connectivity index (χ0) is 25.0. The minimum absolute atomic E-state index is 0.0308. The maximum absolute atomic E-state index is 12.5. The second kappa shape index (κ2) is 10.3. The number of benzene rings is 2. The van der Waals surface area contributed by atoms with Crippen molar-refractivity contribution in [2.75, 3.05) is 20.8 Å². The molecule has 35 heavy (non-hydrogen) atoms. The van der Waals surface area contributed by atoms with Crippen LogP contribution in [-0.4, -0.2) is 32.0 Å². The molecule has 0 atom stereocenters. The number of alkyl halides is 3. The van der Waals surface area contributed by atoms with Crippen LogP contribution < -0.4 is 24.4 Å². The number of hydrogen-bond acceptors (Lipinski definition) is 7. The average molecular weight is 491 g/mol. The van der Waals surface area contributed by atoms with Crippen molar-refractivity contribution in [3.05, 3.63) is 81.4 Å². The number of hydrogen-bond donors (Lipinski definition) is 0. The van der Waals surface area contributed by atoms with E-state index >= 15 is 0 Å². The van der Waals surface area contributed by atoms with E-state index in [0.29, 0.717) is 35.9 Å². The predicted molar refractivity (Wildman–Crippen MR) is 120 cm³/mol. The maximum Gasteiger partial charge on any atom is 0.573 e. The molecule has 0 fully saturated rings. The highest BCUT2D eigenvalue weighted by atomic mass is 19.4. The first-order chi connectivity index (χ1) is 16.7. The Morgan fingerprint density at radius 1 is 1.00 bits per heavy atom. The molecule has 0 amide bonds. The largest absolute Gasteiger partial charge is 0.573 e. The number of methoxy groups -OCH3 is 2. The number of fused-ring (bicyclic) bond motifs is 1. The molecular formula is C25H24F3NO6. The zero-order valence-corrected chi connectivity index (χ0v) is 19.2. The van der Waals surface area contributed by atoms with Crippen molar-refractivity contribution in [3.63, 3.8) is 0 Å². The van der Waals surface area contributed by atoms with Crippen LogP contribution in [0.4, 0.5) is 13.2 Å². The van der Waals surface area contributed by atoms with E-state index in [9.17, 15) is 18.0 Å². The number of rotatable bonds is 8. The lowest BCUT2D eigenvalue weighted by Gasteiger charge is -2.29. The summed E-state index contributed by atoms with van der Waals surface area (Å²) in [7, 11) is 3.20. The summed E-state index contributed by atoms with van der Waals surface area (Å²) < 4.78 is 62.9. The molecule has 1 aliphatic heterocycles. The molecule has 2 heterocycles. The predicted octanol–water partition coefficient (Wildman–Crippen LogP) is 4.69. The Morgan fingerprint density at radius 2 is 1.74 bits per heavy atom. The Bertz CT molecular complexity index is 1240. The van der Waals surface area contributed by atoms with Gasteiger partial charge in [-0.15, -0.1) is 13.2 Å². The van der Waals surface area contributed by atoms with Crippen LogP contribution in [-0.2, 0) is 26.1 Å². The molecule has 0 N–H and O–H groups in total. The van der Waals surface area contributed by atoms with Crippen molar-refractivity contribution in [1.82, 2.24) is 4.90 Å². The molecule has 10 heteroatoms. The van der Waals surface area contributed by atoms with Gasteiger partial charge < -0.3 is 23.4 Å². The second-order valence-electron chi connectivity index (χ2n) is 8.00. The van der Waals surface area contributed by atoms with E-state index in [1.54, 1.807) is 20.3 Å². The summed E-state index contributed by atoms with van der Waals surface area (Å²) in [5.74, 6) is 1.45. The van der Waals surface area contributed by atoms with Gasteiger partial charge in [0.2, 0.25) is 11.2 Å². The van der Waals surface area contributed by atoms with Crippen LogP contribution in [0.2, 0.25) is 0 Å². The molecule has 186 valence electrons. The summed E-state index contributed by atoms with van der Waals surface area (Å²) >= 11 is 0. The summed E-state index contributed by atoms with van der Waals surface area (Å²) in [4.78, 5) is 14.7. The molecule has 7 nitrogen and oxygen atoms in total. The molecule has 0 spiro atoms. The highest BCUT2D eigenvalue weighted by Crippen LogP contribution is 2.33. The fourth-order valence-corrected chi connectivity index (χ4v) is 3.92. The first kappa shape index (κ1) is 24.5. The zero-order valence-electron chi connectivity index (χ0n) is 19.2. The van der Waals surface area contributed by atoms with Crippen LogP contribution in [0.25, 0.3) is 0 Å². The Labute approximate surface area is 199 Å². The van der Waals surface area contributed by atoms with Gasteiger partial charge in [-0.05, 0) is 47.4 Å². The van der Waals surface area contributed by atoms with Crippen molar-refractivity contribution in [2.24, 2.45) is 0 Å². The molecule has 1 aromatic heterocycles. The number of halogens is 3. The third-order valence-electron chi connectivity index (χ3n) is 5.56. The van der Waals surface area contributed by atoms with Crippen molar-refractivity contribution in [3.8, 4) is 23.0 Å². The Hall–Kier alpha value is -3.66. The van der Waals surface area contributed by atoms with E-state index < -0.39 is 6.36 Å². The third kappa shape index (κ3) is 6.27. The van der Waals surface area contributed by atoms with Crippen LogP contribution in [0.5, 0.6) is 23.0 Å². The minimum atomic E-state index is -4.79. The minimum Gasteiger partial charge on any atom is -0.493 e. The van der Waals surface area contributed by atoms with Gasteiger partial charge in [-0.1, -0.05) is 12.1 Å². The fourth-order valence-electron chi connectivity index (χ4n) is 3.92. The lowest BCUT2D eigenvalue weighted by Crippen LogP contribution is -2.30. The summed E-state index contributed by atoms with van der Waals surface area (Å²) in [6, 6.07) is 10.7. The summed E-state index contributed by atoms with van der Waals surface area (Å²) in [6.07, 6.45) is -2.75. The van der Waals surface area contributed by atoms with E-state index in [1.807, 2.05) is 12.1 Å². The van der Waals surface area contributed by atoms with Crippen LogP contribution >= 0.6 is 0 Å². The first-order valence-corrected chi connectivity index (χ1v) is 10.8. The topological polar surface area (TPSA) is 70.4 Å². The molecule has 0 saturated heterocycles. The van der Waals surface area contributed by atoms with E-state index in [2.05, 4.69) is 9.64 Å². The Morgan fingerprint density at radius 3 is 2.43 bits per heavy atom. The maximum atomic E-state index is 12.5. The van der Waals surface area contributed by atoms with Crippen molar-refractivity contribution in [1.29, 1.82) is 0 Å². The highest BCUT2D eigenvalue weighted by molar-refractivity contribution is 5.48. The molecule has 3 aromatic rings. The van der Waals surface area contributed by atoms with Gasteiger partial charge in [-0.3, -0.25) is 9.69 Å². The van der Waals surface area contributed by atoms with Gasteiger partial charge >= 0.3 is 6.36 Å². The second-order valence-corrected chi connectivity index (χ2v) is 8.00. The normalized spacial score (nSPS) is 13.7. The van der Waals surface area contributed by atoms with Crippen LogP contribution in [0.1, 0.15) is 22.5 Å². The molecule has 0 saturated carbocycles. The van der Waals surface area contributed by atoms with Crippen LogP contribution in [0.15, 0.2) is 57.9 Å². The first-order valence-electron chi connectivity index (χ1n) is 10.8. The lowest BCUT2D eigenvalue weighted by molar-refractivity contribution is -0.274. The molecule has 2 aromatic carbocycles. The standard InChI is InChI=1S/C25H24F3NO6/c1-31-22-9-17-6-7-29(12-18(17)10-23(22)32-2)13-20-11-21(30)24(15-33-20)34-14-16-4-3-5-19(8-16)35-25(26,27)28/h3-5,8-11,15H,6-7,12-14H2,1-2H3. The Kier molecular flexibility index (Phi) is 7.20. The summed E-state index contributed by atoms with van der Waals surface area (Å²) in [5, 5.41) is 0. The van der Waals surface area contributed by atoms with E-state index in [1.165, 1.54) is 36.1 Å². The average Bonchev–Trinajstić information content (AvgIpc) is 2.81. The van der Waals surface area contributed by atoms with Gasteiger partial charge in [-0.25, -0.2) is 0 Å². The van der Waals surface area contributed by atoms with Gasteiger partial charge in [0.25, 0.3) is 0 Å². The van der Waals surface area contributed by atoms with E-state index in [-0.39, 0.29) is 23.5 Å². The van der Waals surface area contributed by atoms with Gasteiger partial charge in [0.15, 0.2) is 11.5 Å². The van der Waals surface area contributed by atoms with Gasteiger partial charge in [0, 0.05) is 19.2 Å². The van der Waals surface area contributed by atoms with Crippen LogP contribution in [0, 0.1) is 0 Å². The van der Waals surface area contributed by atoms with Crippen molar-refractivity contribution >= 4 is 0 Å². The monoisotopic (exact) mass is 491 g/mol. The summed E-state index contributed by atoms with van der Waals surface area (Å²) in [6.45, 7) is 1.75. The SMILES string of the molecule is COc1cc2c(cc1OC)CN(Cc1cc(=O)c(OCc3cccc(OC(F)(F)F)c3)co1)CC2. The molecular weight excluding hydrogens is 467 g/mol. The lowest BCUT2D eigenvalue weighted by atomic mass is 9.98. The van der Waals surface area contributed by atoms with Gasteiger partial charge in [0.05, 0.1) is 20.8 Å². The molecule has 0 aliphatic carbocycles. The van der Waals surface area contributed by atoms with Gasteiger partial charge in [0.1, 0.15) is 24.4 Å². The molecule has 0 radical (unpaired) electrons. The number of ether oxygens (including phenoxy) is 4. The smallest absolute Gasteiger partial charge is 0.493 e.